The zero-order valence-corrected chi connectivity index (χ0v) is 17.8. The quantitative estimate of drug-likeness (QED) is 0.415. The van der Waals surface area contributed by atoms with Crippen LogP contribution in [0.25, 0.3) is 0 Å². The molecule has 0 aromatic heterocycles. The van der Waals surface area contributed by atoms with Gasteiger partial charge in [0.1, 0.15) is 0 Å². The molecule has 4 nitrogen and oxygen atoms in total. The molecule has 0 saturated carbocycles. The number of nitrogens with two attached hydrogens (primary N) is 1. The number of ether oxygens (including phenoxy) is 2. The van der Waals surface area contributed by atoms with Crippen LogP contribution in [0.4, 0.5) is 5.69 Å². The maximum atomic E-state index is 9.36. The van der Waals surface area contributed by atoms with Gasteiger partial charge in [-0.05, 0) is 35.4 Å². The first-order valence-electron chi connectivity index (χ1n) is 10.2. The van der Waals surface area contributed by atoms with E-state index in [1.54, 1.807) is 11.8 Å². The third kappa shape index (κ3) is 4.87. The van der Waals surface area contributed by atoms with Gasteiger partial charge in [0.05, 0.1) is 18.8 Å². The fourth-order valence-electron chi connectivity index (χ4n) is 3.71. The minimum atomic E-state index is -0.478. The van der Waals surface area contributed by atoms with Crippen LogP contribution in [0.15, 0.2) is 83.8 Å². The number of aliphatic hydroxyl groups excluding tert-OH is 1. The van der Waals surface area contributed by atoms with Gasteiger partial charge in [-0.15, -0.1) is 11.8 Å². The smallest absolute Gasteiger partial charge is 0.185 e. The first-order chi connectivity index (χ1) is 14.6. The van der Waals surface area contributed by atoms with Crippen LogP contribution in [0.5, 0.6) is 0 Å². The van der Waals surface area contributed by atoms with E-state index < -0.39 is 6.29 Å². The number of hydrogen-bond acceptors (Lipinski definition) is 5. The van der Waals surface area contributed by atoms with Crippen molar-refractivity contribution in [2.45, 2.75) is 36.9 Å². The Balaban J connectivity index is 1.59. The first kappa shape index (κ1) is 20.9. The van der Waals surface area contributed by atoms with Crippen LogP contribution in [0.3, 0.4) is 0 Å². The normalized spacial score (nSPS) is 23.9. The minimum absolute atomic E-state index is 0.0119. The predicted molar refractivity (Wildman–Crippen MR) is 121 cm³/mol. The van der Waals surface area contributed by atoms with Crippen molar-refractivity contribution in [3.8, 4) is 0 Å². The predicted octanol–water partition coefficient (Wildman–Crippen LogP) is 5.34. The van der Waals surface area contributed by atoms with E-state index in [0.717, 1.165) is 22.4 Å². The summed E-state index contributed by atoms with van der Waals surface area (Å²) in [6.07, 6.45) is -0.578. The van der Waals surface area contributed by atoms with E-state index in [9.17, 15) is 5.11 Å². The molecule has 3 aromatic rings. The molecule has 1 aliphatic rings. The van der Waals surface area contributed by atoms with E-state index >= 15 is 0 Å². The summed E-state index contributed by atoms with van der Waals surface area (Å²) in [7, 11) is 0. The lowest BCUT2D eigenvalue weighted by Gasteiger charge is -2.41. The van der Waals surface area contributed by atoms with Gasteiger partial charge in [0.25, 0.3) is 0 Å². The largest absolute Gasteiger partial charge is 0.399 e. The van der Waals surface area contributed by atoms with Crippen LogP contribution in [0.1, 0.15) is 36.0 Å². The van der Waals surface area contributed by atoms with E-state index in [1.807, 2.05) is 54.6 Å². The van der Waals surface area contributed by atoms with E-state index in [-0.39, 0.29) is 24.7 Å². The molecule has 3 aromatic carbocycles. The highest BCUT2D eigenvalue weighted by molar-refractivity contribution is 7.99. The van der Waals surface area contributed by atoms with Crippen molar-refractivity contribution in [1.29, 1.82) is 0 Å². The van der Waals surface area contributed by atoms with Gasteiger partial charge < -0.3 is 20.3 Å². The minimum Gasteiger partial charge on any atom is -0.399 e. The standard InChI is InChI=1S/C25H27NO3S/c1-17-23(16-30-22-8-3-2-4-9-22)28-25(20-6-5-7-21(26)14-20)29-24(17)19-12-10-18(15-27)11-13-19/h2-14,17,23-25,27H,15-16,26H2,1H3/t17-,23+,24+,25+/m0/s1. The Bertz CT molecular complexity index is 948. The number of benzene rings is 3. The topological polar surface area (TPSA) is 64.7 Å². The van der Waals surface area contributed by atoms with Gasteiger partial charge in [0.15, 0.2) is 6.29 Å². The summed E-state index contributed by atoms with van der Waals surface area (Å²) in [6.45, 7) is 2.21. The van der Waals surface area contributed by atoms with Crippen LogP contribution < -0.4 is 5.73 Å². The summed E-state index contributed by atoms with van der Waals surface area (Å²) in [5.74, 6) is 0.997. The molecular weight excluding hydrogens is 394 g/mol. The van der Waals surface area contributed by atoms with E-state index in [1.165, 1.54) is 4.90 Å². The Kier molecular flexibility index (Phi) is 6.75. The Morgan fingerprint density at radius 1 is 0.900 bits per heavy atom. The lowest BCUT2D eigenvalue weighted by Crippen LogP contribution is -2.38. The van der Waals surface area contributed by atoms with Crippen molar-refractivity contribution in [2.24, 2.45) is 5.92 Å². The summed E-state index contributed by atoms with van der Waals surface area (Å²) in [6, 6.07) is 26.0. The van der Waals surface area contributed by atoms with Crippen LogP contribution in [-0.4, -0.2) is 17.0 Å². The van der Waals surface area contributed by atoms with Gasteiger partial charge in [-0.3, -0.25) is 0 Å². The van der Waals surface area contributed by atoms with E-state index in [2.05, 4.69) is 31.2 Å². The maximum absolute atomic E-state index is 9.36. The van der Waals surface area contributed by atoms with E-state index in [0.29, 0.717) is 5.69 Å². The number of aliphatic hydroxyl groups is 1. The van der Waals surface area contributed by atoms with Gasteiger partial charge in [0, 0.05) is 27.8 Å². The summed E-state index contributed by atoms with van der Waals surface area (Å²) in [4.78, 5) is 1.23. The van der Waals surface area contributed by atoms with Crippen molar-refractivity contribution in [3.63, 3.8) is 0 Å². The number of thioether (sulfide) groups is 1. The van der Waals surface area contributed by atoms with Crippen LogP contribution in [-0.2, 0) is 16.1 Å². The summed E-state index contributed by atoms with van der Waals surface area (Å²) < 4.78 is 12.9. The van der Waals surface area contributed by atoms with Gasteiger partial charge >= 0.3 is 0 Å². The SMILES string of the molecule is C[C@H]1[C@@H](CSc2ccccc2)O[C@@H](c2cccc(N)c2)O[C@H]1c1ccc(CO)cc1. The van der Waals surface area contributed by atoms with Gasteiger partial charge in [0.2, 0.25) is 0 Å². The van der Waals surface area contributed by atoms with Crippen LogP contribution in [0, 0.1) is 5.92 Å². The Hall–Kier alpha value is -2.31. The summed E-state index contributed by atoms with van der Waals surface area (Å²) in [5.41, 5.74) is 9.60. The summed E-state index contributed by atoms with van der Waals surface area (Å²) >= 11 is 1.80. The molecule has 5 heteroatoms. The summed E-state index contributed by atoms with van der Waals surface area (Å²) in [5, 5.41) is 9.36. The zero-order chi connectivity index (χ0) is 20.9. The van der Waals surface area contributed by atoms with Gasteiger partial charge in [-0.25, -0.2) is 0 Å². The maximum Gasteiger partial charge on any atom is 0.185 e. The Labute approximate surface area is 182 Å². The lowest BCUT2D eigenvalue weighted by atomic mass is 9.91. The molecule has 0 aliphatic carbocycles. The van der Waals surface area contributed by atoms with Crippen molar-refractivity contribution in [3.05, 3.63) is 95.6 Å². The highest BCUT2D eigenvalue weighted by atomic mass is 32.2. The van der Waals surface area contributed by atoms with Crippen molar-refractivity contribution in [2.75, 3.05) is 11.5 Å². The van der Waals surface area contributed by atoms with E-state index in [4.69, 9.17) is 15.2 Å². The second kappa shape index (κ2) is 9.67. The average molecular weight is 422 g/mol. The van der Waals surface area contributed by atoms with Crippen molar-refractivity contribution in [1.82, 2.24) is 0 Å². The molecular formula is C25H27NO3S. The molecule has 0 amide bonds. The molecule has 4 atom stereocenters. The molecule has 1 saturated heterocycles. The number of nitrogen functional groups attached to an aromatic ring is 1. The molecule has 1 aliphatic heterocycles. The molecule has 0 spiro atoms. The molecule has 0 bridgehead atoms. The van der Waals surface area contributed by atoms with Crippen molar-refractivity contribution >= 4 is 17.4 Å². The monoisotopic (exact) mass is 421 g/mol. The van der Waals surface area contributed by atoms with Gasteiger partial charge in [-0.2, -0.15) is 0 Å². The number of anilines is 1. The molecule has 3 N–H and O–H groups in total. The van der Waals surface area contributed by atoms with Crippen molar-refractivity contribution < 1.29 is 14.6 Å². The second-order valence-corrected chi connectivity index (χ2v) is 8.71. The third-order valence-electron chi connectivity index (χ3n) is 5.46. The average Bonchev–Trinajstić information content (AvgIpc) is 2.79. The Morgan fingerprint density at radius 2 is 1.67 bits per heavy atom. The fourth-order valence-corrected chi connectivity index (χ4v) is 4.80. The van der Waals surface area contributed by atoms with Crippen LogP contribution in [0.2, 0.25) is 0 Å². The third-order valence-corrected chi connectivity index (χ3v) is 6.56. The molecule has 1 heterocycles. The van der Waals surface area contributed by atoms with Gasteiger partial charge in [-0.1, -0.05) is 61.5 Å². The molecule has 156 valence electrons. The second-order valence-electron chi connectivity index (χ2n) is 7.62. The molecule has 1 fully saturated rings. The first-order valence-corrected chi connectivity index (χ1v) is 11.2. The molecule has 4 rings (SSSR count). The molecule has 0 radical (unpaired) electrons. The zero-order valence-electron chi connectivity index (χ0n) is 17.0. The highest BCUT2D eigenvalue weighted by Crippen LogP contribution is 2.43. The van der Waals surface area contributed by atoms with Crippen LogP contribution >= 0.6 is 11.8 Å². The number of rotatable bonds is 6. The molecule has 30 heavy (non-hydrogen) atoms. The molecule has 0 unspecified atom stereocenters. The fraction of sp³-hybridized carbons (Fsp3) is 0.280. The highest BCUT2D eigenvalue weighted by Gasteiger charge is 2.38. The number of hydrogen-bond donors (Lipinski definition) is 2. The lowest BCUT2D eigenvalue weighted by molar-refractivity contribution is -0.268. The Morgan fingerprint density at radius 3 is 2.37 bits per heavy atom.